The molecule has 1 fully saturated rings. The fourth-order valence-corrected chi connectivity index (χ4v) is 2.41. The van der Waals surface area contributed by atoms with Crippen LogP contribution < -0.4 is 10.6 Å². The lowest BCUT2D eigenvalue weighted by atomic mass is 10.1. The number of nitrogens with zero attached hydrogens (tertiary/aromatic N) is 1. The minimum atomic E-state index is -0.123. The van der Waals surface area contributed by atoms with E-state index >= 15 is 0 Å². The minimum absolute atomic E-state index is 0.123. The molecule has 0 spiro atoms. The zero-order valence-corrected chi connectivity index (χ0v) is 11.6. The highest BCUT2D eigenvalue weighted by Crippen LogP contribution is 2.09. The number of urea groups is 1. The molecule has 0 unspecified atom stereocenters. The third-order valence-electron chi connectivity index (χ3n) is 3.44. The lowest BCUT2D eigenvalue weighted by molar-refractivity contribution is 0.224. The van der Waals surface area contributed by atoms with E-state index in [4.69, 9.17) is 0 Å². The Bertz CT molecular complexity index is 414. The van der Waals surface area contributed by atoms with Crippen molar-refractivity contribution in [1.29, 1.82) is 0 Å². The van der Waals surface area contributed by atoms with Crippen LogP contribution >= 0.6 is 0 Å². The van der Waals surface area contributed by atoms with Crippen molar-refractivity contribution in [1.82, 2.24) is 10.2 Å². The van der Waals surface area contributed by atoms with Gasteiger partial charge in [-0.15, -0.1) is 0 Å². The van der Waals surface area contributed by atoms with Gasteiger partial charge in [0, 0.05) is 18.8 Å². The number of carbonyl (C=O) groups is 1. The second-order valence-corrected chi connectivity index (χ2v) is 5.15. The van der Waals surface area contributed by atoms with Crippen molar-refractivity contribution in [3.8, 4) is 0 Å². The van der Waals surface area contributed by atoms with Crippen molar-refractivity contribution < 1.29 is 4.79 Å². The Morgan fingerprint density at radius 3 is 2.79 bits per heavy atom. The van der Waals surface area contributed by atoms with Gasteiger partial charge in [-0.3, -0.25) is 0 Å². The first kappa shape index (κ1) is 13.9. The molecule has 1 aromatic rings. The molecule has 1 aliphatic rings. The highest BCUT2D eigenvalue weighted by molar-refractivity contribution is 5.89. The molecule has 2 amide bonds. The molecule has 0 bridgehead atoms. The highest BCUT2D eigenvalue weighted by atomic mass is 16.2. The summed E-state index contributed by atoms with van der Waals surface area (Å²) in [6, 6.07) is 7.70. The summed E-state index contributed by atoms with van der Waals surface area (Å²) < 4.78 is 0. The standard InChI is InChI=1S/C15H23N3O/c1-13-6-5-7-14(12-13)17-15(19)16-8-11-18-9-3-2-4-10-18/h5-7,12H,2-4,8-11H2,1H3,(H2,16,17,19). The first-order chi connectivity index (χ1) is 9.24. The van der Waals surface area contributed by atoms with E-state index in [1.54, 1.807) is 0 Å². The third-order valence-corrected chi connectivity index (χ3v) is 3.44. The minimum Gasteiger partial charge on any atom is -0.337 e. The fraction of sp³-hybridized carbons (Fsp3) is 0.533. The van der Waals surface area contributed by atoms with Gasteiger partial charge in [-0.05, 0) is 50.6 Å². The van der Waals surface area contributed by atoms with Crippen molar-refractivity contribution in [3.05, 3.63) is 29.8 Å². The predicted molar refractivity (Wildman–Crippen MR) is 78.5 cm³/mol. The van der Waals surface area contributed by atoms with E-state index in [0.29, 0.717) is 6.54 Å². The van der Waals surface area contributed by atoms with Crippen LogP contribution in [0.3, 0.4) is 0 Å². The van der Waals surface area contributed by atoms with E-state index in [-0.39, 0.29) is 6.03 Å². The maximum Gasteiger partial charge on any atom is 0.319 e. The second-order valence-electron chi connectivity index (χ2n) is 5.15. The first-order valence-corrected chi connectivity index (χ1v) is 7.08. The summed E-state index contributed by atoms with van der Waals surface area (Å²) in [5.41, 5.74) is 1.99. The lowest BCUT2D eigenvalue weighted by Crippen LogP contribution is -2.39. The number of benzene rings is 1. The number of anilines is 1. The van der Waals surface area contributed by atoms with Gasteiger partial charge in [0.05, 0.1) is 0 Å². The van der Waals surface area contributed by atoms with Crippen molar-refractivity contribution in [3.63, 3.8) is 0 Å². The average Bonchev–Trinajstić information content (AvgIpc) is 2.40. The van der Waals surface area contributed by atoms with Gasteiger partial charge >= 0.3 is 6.03 Å². The molecule has 0 saturated carbocycles. The molecule has 4 heteroatoms. The SMILES string of the molecule is Cc1cccc(NC(=O)NCCN2CCCCC2)c1. The van der Waals surface area contributed by atoms with E-state index in [1.165, 1.54) is 32.4 Å². The molecule has 19 heavy (non-hydrogen) atoms. The smallest absolute Gasteiger partial charge is 0.319 e. The molecule has 1 aliphatic heterocycles. The lowest BCUT2D eigenvalue weighted by Gasteiger charge is -2.26. The summed E-state index contributed by atoms with van der Waals surface area (Å²) >= 11 is 0. The van der Waals surface area contributed by atoms with Crippen LogP contribution in [0.25, 0.3) is 0 Å². The summed E-state index contributed by atoms with van der Waals surface area (Å²) in [6.45, 7) is 6.00. The quantitative estimate of drug-likeness (QED) is 0.875. The Morgan fingerprint density at radius 1 is 1.26 bits per heavy atom. The van der Waals surface area contributed by atoms with Crippen molar-refractivity contribution in [2.24, 2.45) is 0 Å². The van der Waals surface area contributed by atoms with E-state index in [9.17, 15) is 4.79 Å². The van der Waals surface area contributed by atoms with Crippen LogP contribution in [0.4, 0.5) is 10.5 Å². The molecular weight excluding hydrogens is 238 g/mol. The normalized spacial score (nSPS) is 16.1. The van der Waals surface area contributed by atoms with Gasteiger partial charge in [0.25, 0.3) is 0 Å². The molecule has 1 heterocycles. The number of nitrogens with one attached hydrogen (secondary N) is 2. The fourth-order valence-electron chi connectivity index (χ4n) is 2.41. The number of hydrogen-bond donors (Lipinski definition) is 2. The summed E-state index contributed by atoms with van der Waals surface area (Å²) in [6.07, 6.45) is 3.92. The number of piperidine rings is 1. The molecule has 104 valence electrons. The van der Waals surface area contributed by atoms with Crippen molar-refractivity contribution in [2.45, 2.75) is 26.2 Å². The Balaban J connectivity index is 1.67. The van der Waals surface area contributed by atoms with Gasteiger partial charge < -0.3 is 15.5 Å². The largest absolute Gasteiger partial charge is 0.337 e. The summed E-state index contributed by atoms with van der Waals surface area (Å²) in [7, 11) is 0. The van der Waals surface area contributed by atoms with E-state index in [0.717, 1.165) is 17.8 Å². The molecule has 1 aromatic carbocycles. The summed E-state index contributed by atoms with van der Waals surface area (Å²) in [4.78, 5) is 14.1. The number of hydrogen-bond acceptors (Lipinski definition) is 2. The third kappa shape index (κ3) is 4.91. The highest BCUT2D eigenvalue weighted by Gasteiger charge is 2.09. The monoisotopic (exact) mass is 261 g/mol. The summed E-state index contributed by atoms with van der Waals surface area (Å²) in [5, 5.41) is 5.76. The van der Waals surface area contributed by atoms with Crippen LogP contribution in [-0.2, 0) is 0 Å². The van der Waals surface area contributed by atoms with Crippen LogP contribution in [0, 0.1) is 6.92 Å². The molecule has 0 aliphatic carbocycles. The average molecular weight is 261 g/mol. The Morgan fingerprint density at radius 2 is 2.05 bits per heavy atom. The number of carbonyl (C=O) groups excluding carboxylic acids is 1. The van der Waals surface area contributed by atoms with Crippen LogP contribution in [-0.4, -0.2) is 37.1 Å². The molecule has 1 saturated heterocycles. The van der Waals surface area contributed by atoms with Gasteiger partial charge in [0.15, 0.2) is 0 Å². The Labute approximate surface area is 115 Å². The number of likely N-dealkylation sites (tertiary alicyclic amines) is 1. The molecule has 0 aromatic heterocycles. The number of rotatable bonds is 4. The second kappa shape index (κ2) is 7.14. The first-order valence-electron chi connectivity index (χ1n) is 7.08. The molecule has 4 nitrogen and oxygen atoms in total. The van der Waals surface area contributed by atoms with E-state index in [1.807, 2.05) is 31.2 Å². The van der Waals surface area contributed by atoms with Gasteiger partial charge in [-0.1, -0.05) is 18.6 Å². The van der Waals surface area contributed by atoms with Gasteiger partial charge in [0.2, 0.25) is 0 Å². The molecular formula is C15H23N3O. The van der Waals surface area contributed by atoms with Gasteiger partial charge in [-0.25, -0.2) is 4.79 Å². The number of aryl methyl sites for hydroxylation is 1. The van der Waals surface area contributed by atoms with Crippen LogP contribution in [0.15, 0.2) is 24.3 Å². The van der Waals surface area contributed by atoms with Crippen molar-refractivity contribution >= 4 is 11.7 Å². The molecule has 2 N–H and O–H groups in total. The van der Waals surface area contributed by atoms with E-state index in [2.05, 4.69) is 15.5 Å². The van der Waals surface area contributed by atoms with Gasteiger partial charge in [-0.2, -0.15) is 0 Å². The Kier molecular flexibility index (Phi) is 5.21. The maximum atomic E-state index is 11.7. The topological polar surface area (TPSA) is 44.4 Å². The zero-order valence-electron chi connectivity index (χ0n) is 11.6. The number of amides is 2. The molecule has 0 radical (unpaired) electrons. The summed E-state index contributed by atoms with van der Waals surface area (Å²) in [5.74, 6) is 0. The Hall–Kier alpha value is -1.55. The van der Waals surface area contributed by atoms with E-state index < -0.39 is 0 Å². The van der Waals surface area contributed by atoms with Crippen LogP contribution in [0.1, 0.15) is 24.8 Å². The van der Waals surface area contributed by atoms with Gasteiger partial charge in [0.1, 0.15) is 0 Å². The maximum absolute atomic E-state index is 11.7. The zero-order chi connectivity index (χ0) is 13.5. The van der Waals surface area contributed by atoms with Crippen molar-refractivity contribution in [2.75, 3.05) is 31.5 Å². The molecule has 0 atom stereocenters. The van der Waals surface area contributed by atoms with Crippen LogP contribution in [0.5, 0.6) is 0 Å². The van der Waals surface area contributed by atoms with Crippen LogP contribution in [0.2, 0.25) is 0 Å². The molecule has 2 rings (SSSR count). The predicted octanol–water partition coefficient (Wildman–Crippen LogP) is 2.60.